The minimum Gasteiger partial charge on any atom is -0.747 e. The Kier molecular flexibility index (Phi) is 16.7. The number of ketones is 2. The van der Waals surface area contributed by atoms with Gasteiger partial charge in [0.2, 0.25) is 20.0 Å². The second-order valence-corrected chi connectivity index (χ2v) is 13.1. The molecule has 22 heteroatoms. The largest absolute Gasteiger partial charge is 1.00 e. The number of hydrogen-bond donors (Lipinski definition) is 2. The molecule has 1 aliphatic rings. The standard InChI is InChI=1S/C16H14N2O12S4.4Na/c19-15-11-3-1-9(33(27,28)17-7-31(21,22)23)5-13(11)16(20)12-4-2-10(6-14(12)15)34(29,30)18-8-32(24,25)26;;;;/h1-6,17-18H,7-8H2,(H,21,22,23)(H,24,25,26);;;;/q;4*+1/p-2. The molecule has 0 heterocycles. The molecule has 0 spiro atoms. The normalized spacial score (nSPS) is 13.0. The molecular weight excluding hydrogens is 632 g/mol. The summed E-state index contributed by atoms with van der Waals surface area (Å²) < 4.78 is 116. The Morgan fingerprint density at radius 3 is 1.08 bits per heavy atom. The topological polar surface area (TPSA) is 241 Å². The summed E-state index contributed by atoms with van der Waals surface area (Å²) in [5, 5.41) is 0. The van der Waals surface area contributed by atoms with Gasteiger partial charge in [-0.1, -0.05) is 0 Å². The zero-order chi connectivity index (χ0) is 25.7. The van der Waals surface area contributed by atoms with Crippen molar-refractivity contribution >= 4 is 51.8 Å². The van der Waals surface area contributed by atoms with Crippen LogP contribution in [0.1, 0.15) is 31.8 Å². The van der Waals surface area contributed by atoms with Crippen LogP contribution in [0.15, 0.2) is 46.2 Å². The average molecular weight is 645 g/mol. The van der Waals surface area contributed by atoms with Crippen LogP contribution in [0.5, 0.6) is 0 Å². The van der Waals surface area contributed by atoms with Crippen LogP contribution < -0.4 is 128 Å². The summed E-state index contributed by atoms with van der Waals surface area (Å²) in [6, 6.07) is 5.23. The fourth-order valence-electron chi connectivity index (χ4n) is 2.91. The molecule has 184 valence electrons. The number of rotatable bonds is 8. The first kappa shape index (κ1) is 41.6. The summed E-state index contributed by atoms with van der Waals surface area (Å²) in [5.74, 6) is -4.61. The third-order valence-electron chi connectivity index (χ3n) is 4.43. The van der Waals surface area contributed by atoms with E-state index in [1.54, 1.807) is 9.44 Å². The maximum absolute atomic E-state index is 12.9. The molecule has 2 aromatic rings. The summed E-state index contributed by atoms with van der Waals surface area (Å²) >= 11 is 0. The van der Waals surface area contributed by atoms with Gasteiger partial charge in [-0.05, 0) is 36.4 Å². The van der Waals surface area contributed by atoms with Gasteiger partial charge in [0.25, 0.3) is 0 Å². The molecule has 2 aromatic carbocycles. The summed E-state index contributed by atoms with van der Waals surface area (Å²) in [4.78, 5) is 24.5. The molecule has 0 saturated heterocycles. The third kappa shape index (κ3) is 10.3. The number of hydrogen-bond acceptors (Lipinski definition) is 12. The summed E-state index contributed by atoms with van der Waals surface area (Å²) in [7, 11) is -19.0. The fraction of sp³-hybridized carbons (Fsp3) is 0.125. The predicted octanol–water partition coefficient (Wildman–Crippen LogP) is -14.0. The molecule has 0 fully saturated rings. The minimum absolute atomic E-state index is 0. The van der Waals surface area contributed by atoms with Crippen LogP contribution in [0.2, 0.25) is 0 Å². The molecule has 1 aliphatic carbocycles. The van der Waals surface area contributed by atoms with Crippen molar-refractivity contribution in [2.75, 3.05) is 11.8 Å². The third-order valence-corrected chi connectivity index (χ3v) is 8.59. The van der Waals surface area contributed by atoms with Crippen molar-refractivity contribution in [2.24, 2.45) is 0 Å². The van der Waals surface area contributed by atoms with Gasteiger partial charge >= 0.3 is 118 Å². The van der Waals surface area contributed by atoms with Gasteiger partial charge in [-0.25, -0.2) is 33.7 Å². The van der Waals surface area contributed by atoms with E-state index in [2.05, 4.69) is 0 Å². The molecule has 0 saturated carbocycles. The zero-order valence-corrected chi connectivity index (χ0v) is 31.7. The molecule has 0 amide bonds. The van der Waals surface area contributed by atoms with Crippen molar-refractivity contribution in [3.05, 3.63) is 58.7 Å². The van der Waals surface area contributed by atoms with E-state index in [1.807, 2.05) is 0 Å². The van der Waals surface area contributed by atoms with Crippen LogP contribution in [-0.2, 0) is 40.3 Å². The second kappa shape index (κ2) is 15.2. The Hall–Kier alpha value is 1.42. The van der Waals surface area contributed by atoms with Crippen LogP contribution in [-0.4, -0.2) is 66.1 Å². The molecule has 0 atom stereocenters. The molecule has 0 radical (unpaired) electrons. The number of carbonyl (C=O) groups is 2. The van der Waals surface area contributed by atoms with E-state index < -0.39 is 73.4 Å². The number of sulfonamides is 2. The quantitative estimate of drug-likeness (QED) is 0.172. The van der Waals surface area contributed by atoms with E-state index in [0.717, 1.165) is 36.4 Å². The zero-order valence-electron chi connectivity index (χ0n) is 20.4. The van der Waals surface area contributed by atoms with Gasteiger partial charge in [0.15, 0.2) is 11.6 Å². The smallest absolute Gasteiger partial charge is 0.747 e. The van der Waals surface area contributed by atoms with Crippen LogP contribution >= 0.6 is 0 Å². The van der Waals surface area contributed by atoms with Gasteiger partial charge in [0.05, 0.1) is 9.79 Å². The van der Waals surface area contributed by atoms with Crippen LogP contribution in [0.3, 0.4) is 0 Å². The first-order chi connectivity index (χ1) is 15.4. The summed E-state index contributed by atoms with van der Waals surface area (Å²) in [6.45, 7) is 0. The average Bonchev–Trinajstić information content (AvgIpc) is 2.73. The molecule has 0 bridgehead atoms. The van der Waals surface area contributed by atoms with Crippen molar-refractivity contribution in [1.29, 1.82) is 0 Å². The molecule has 2 N–H and O–H groups in total. The maximum atomic E-state index is 12.9. The van der Waals surface area contributed by atoms with Crippen LogP contribution in [0, 0.1) is 0 Å². The Labute approximate surface area is 307 Å². The molecule has 14 nitrogen and oxygen atoms in total. The molecule has 0 unspecified atom stereocenters. The van der Waals surface area contributed by atoms with Gasteiger partial charge in [0, 0.05) is 22.3 Å². The van der Waals surface area contributed by atoms with Crippen molar-refractivity contribution in [1.82, 2.24) is 9.44 Å². The number of nitrogens with one attached hydrogen (secondary N) is 2. The van der Waals surface area contributed by atoms with Crippen molar-refractivity contribution in [2.45, 2.75) is 9.79 Å². The van der Waals surface area contributed by atoms with Gasteiger partial charge in [0.1, 0.15) is 32.0 Å². The van der Waals surface area contributed by atoms with E-state index in [4.69, 9.17) is 0 Å². The van der Waals surface area contributed by atoms with E-state index >= 15 is 0 Å². The number of benzene rings is 2. The van der Waals surface area contributed by atoms with Crippen molar-refractivity contribution < 1.29 is 171 Å². The van der Waals surface area contributed by atoms with E-state index in [9.17, 15) is 52.4 Å². The Morgan fingerprint density at radius 1 is 0.526 bits per heavy atom. The summed E-state index contributed by atoms with van der Waals surface area (Å²) in [5.41, 5.74) is -1.34. The summed E-state index contributed by atoms with van der Waals surface area (Å²) in [6.07, 6.45) is 0. The Morgan fingerprint density at radius 2 is 0.816 bits per heavy atom. The van der Waals surface area contributed by atoms with E-state index in [1.165, 1.54) is 0 Å². The van der Waals surface area contributed by atoms with Gasteiger partial charge < -0.3 is 9.11 Å². The molecule has 3 rings (SSSR count). The predicted molar refractivity (Wildman–Crippen MR) is 110 cm³/mol. The Bertz CT molecular complexity index is 1550. The van der Waals surface area contributed by atoms with Crippen LogP contribution in [0.4, 0.5) is 0 Å². The fourth-order valence-corrected chi connectivity index (χ4v) is 6.68. The van der Waals surface area contributed by atoms with E-state index in [-0.39, 0.29) is 140 Å². The number of carbonyl (C=O) groups excluding carboxylic acids is 2. The van der Waals surface area contributed by atoms with Crippen molar-refractivity contribution in [3.8, 4) is 0 Å². The monoisotopic (exact) mass is 644 g/mol. The number of fused-ring (bicyclic) bond motifs is 2. The molecule has 0 aromatic heterocycles. The van der Waals surface area contributed by atoms with Crippen molar-refractivity contribution in [3.63, 3.8) is 0 Å². The van der Waals surface area contributed by atoms with Gasteiger partial charge in [-0.15, -0.1) is 0 Å². The first-order valence-electron chi connectivity index (χ1n) is 8.65. The van der Waals surface area contributed by atoms with Crippen LogP contribution in [0.25, 0.3) is 0 Å². The molecule has 38 heavy (non-hydrogen) atoms. The molecular formula is C16H12N2Na4O12S4+2. The maximum Gasteiger partial charge on any atom is 1.00 e. The second-order valence-electron chi connectivity index (χ2n) is 6.77. The minimum atomic E-state index is -4.94. The van der Waals surface area contributed by atoms with E-state index in [0.29, 0.717) is 0 Å². The Balaban J connectivity index is 0. The van der Waals surface area contributed by atoms with Gasteiger partial charge in [-0.3, -0.25) is 9.59 Å². The SMILES string of the molecule is O=C1c2ccc(S(=O)(=O)NCS(=O)(=O)[O-])cc2C(=O)c2ccc(S(=O)(=O)NCS(=O)(=O)[O-])cc21.[Na+].[Na+].[Na+].[Na+]. The molecule has 0 aliphatic heterocycles. The first-order valence-corrected chi connectivity index (χ1v) is 14.8. The van der Waals surface area contributed by atoms with Gasteiger partial charge in [-0.2, -0.15) is 9.44 Å².